The molecule has 0 atom stereocenters. The number of rotatable bonds is 5. The lowest BCUT2D eigenvalue weighted by Crippen LogP contribution is -1.99. The van der Waals surface area contributed by atoms with Crippen LogP contribution in [0.2, 0.25) is 0 Å². The molecule has 20 heavy (non-hydrogen) atoms. The quantitative estimate of drug-likeness (QED) is 0.667. The monoisotopic (exact) mass is 270 g/mol. The summed E-state index contributed by atoms with van der Waals surface area (Å²) in [7, 11) is 0. The summed E-state index contributed by atoms with van der Waals surface area (Å²) in [5.74, 6) is 1.03. The Labute approximate surface area is 115 Å². The molecular weight excluding hydrogens is 256 g/mol. The maximum absolute atomic E-state index is 10.6. The first kappa shape index (κ1) is 12.4. The van der Waals surface area contributed by atoms with E-state index in [9.17, 15) is 4.79 Å². The summed E-state index contributed by atoms with van der Waals surface area (Å²) >= 11 is 0. The van der Waals surface area contributed by atoms with Gasteiger partial charge in [-0.1, -0.05) is 0 Å². The van der Waals surface area contributed by atoms with Crippen molar-refractivity contribution in [1.82, 2.24) is 19.6 Å². The Morgan fingerprint density at radius 3 is 2.90 bits per heavy atom. The number of aryl methyl sites for hydroxylation is 1. The van der Waals surface area contributed by atoms with Crippen LogP contribution in [0.1, 0.15) is 23.2 Å². The van der Waals surface area contributed by atoms with E-state index in [2.05, 4.69) is 10.2 Å². The van der Waals surface area contributed by atoms with E-state index in [0.717, 1.165) is 17.8 Å². The molecule has 0 saturated heterocycles. The van der Waals surface area contributed by atoms with Crippen LogP contribution in [0.5, 0.6) is 0 Å². The summed E-state index contributed by atoms with van der Waals surface area (Å²) in [6, 6.07) is 5.36. The van der Waals surface area contributed by atoms with Crippen molar-refractivity contribution in [3.63, 3.8) is 0 Å². The fourth-order valence-electron chi connectivity index (χ4n) is 1.97. The second-order valence-corrected chi connectivity index (χ2v) is 4.41. The van der Waals surface area contributed by atoms with Crippen LogP contribution in [0.25, 0.3) is 11.3 Å². The number of furan rings is 1. The molecule has 0 unspecified atom stereocenters. The van der Waals surface area contributed by atoms with Gasteiger partial charge in [0.1, 0.15) is 5.76 Å². The van der Waals surface area contributed by atoms with Gasteiger partial charge in [-0.3, -0.25) is 14.2 Å². The topological polar surface area (TPSA) is 65.8 Å². The van der Waals surface area contributed by atoms with E-state index in [1.54, 1.807) is 23.0 Å². The van der Waals surface area contributed by atoms with Gasteiger partial charge in [-0.2, -0.15) is 10.2 Å². The molecule has 0 N–H and O–H groups in total. The van der Waals surface area contributed by atoms with Gasteiger partial charge in [0.25, 0.3) is 0 Å². The molecule has 0 bridgehead atoms. The van der Waals surface area contributed by atoms with E-state index in [1.165, 1.54) is 0 Å². The molecule has 3 aromatic heterocycles. The van der Waals surface area contributed by atoms with Crippen molar-refractivity contribution >= 4 is 6.29 Å². The molecule has 0 spiro atoms. The van der Waals surface area contributed by atoms with Gasteiger partial charge >= 0.3 is 0 Å². The largest absolute Gasteiger partial charge is 0.456 e. The normalized spacial score (nSPS) is 10.8. The van der Waals surface area contributed by atoms with Crippen molar-refractivity contribution in [1.29, 1.82) is 0 Å². The molecule has 3 rings (SSSR count). The number of carbonyl (C=O) groups is 1. The van der Waals surface area contributed by atoms with Crippen molar-refractivity contribution in [3.8, 4) is 11.3 Å². The molecule has 102 valence electrons. The fraction of sp³-hybridized carbons (Fsp3) is 0.214. The highest BCUT2D eigenvalue weighted by Gasteiger charge is 2.07. The van der Waals surface area contributed by atoms with Crippen LogP contribution >= 0.6 is 0 Å². The van der Waals surface area contributed by atoms with Crippen LogP contribution < -0.4 is 0 Å². The minimum Gasteiger partial charge on any atom is -0.456 e. The third-order valence-corrected chi connectivity index (χ3v) is 3.01. The lowest BCUT2D eigenvalue weighted by Gasteiger charge is -1.97. The summed E-state index contributed by atoms with van der Waals surface area (Å²) in [4.78, 5) is 10.6. The van der Waals surface area contributed by atoms with Crippen LogP contribution in [0.3, 0.4) is 0 Å². The minimum atomic E-state index is 0.330. The van der Waals surface area contributed by atoms with E-state index >= 15 is 0 Å². The first-order valence-corrected chi connectivity index (χ1v) is 6.38. The summed E-state index contributed by atoms with van der Waals surface area (Å²) in [5.41, 5.74) is 1.85. The summed E-state index contributed by atoms with van der Waals surface area (Å²) in [5, 5.41) is 8.70. The maximum atomic E-state index is 10.6. The Morgan fingerprint density at radius 1 is 1.30 bits per heavy atom. The standard InChI is InChI=1S/C14H14N4O2/c1-2-17-8-11(7-15-17)14-5-6-18(16-14)9-12-3-4-13(10-19)20-12/h3-8,10H,2,9H2,1H3. The smallest absolute Gasteiger partial charge is 0.185 e. The Morgan fingerprint density at radius 2 is 2.20 bits per heavy atom. The zero-order valence-electron chi connectivity index (χ0n) is 11.1. The average Bonchev–Trinajstić information content (AvgIpc) is 3.18. The maximum Gasteiger partial charge on any atom is 0.185 e. The van der Waals surface area contributed by atoms with E-state index in [0.29, 0.717) is 24.4 Å². The van der Waals surface area contributed by atoms with Crippen molar-refractivity contribution in [3.05, 3.63) is 48.3 Å². The SMILES string of the molecule is CCn1cc(-c2ccn(Cc3ccc(C=O)o3)n2)cn1. The molecule has 0 aliphatic rings. The highest BCUT2D eigenvalue weighted by Crippen LogP contribution is 2.16. The van der Waals surface area contributed by atoms with Crippen LogP contribution in [0.4, 0.5) is 0 Å². The fourth-order valence-corrected chi connectivity index (χ4v) is 1.97. The summed E-state index contributed by atoms with van der Waals surface area (Å²) in [6.07, 6.45) is 6.33. The predicted octanol–water partition coefficient (Wildman–Crippen LogP) is 2.22. The first-order chi connectivity index (χ1) is 9.78. The molecule has 0 radical (unpaired) electrons. The third kappa shape index (κ3) is 2.40. The number of aromatic nitrogens is 4. The van der Waals surface area contributed by atoms with Crippen molar-refractivity contribution < 1.29 is 9.21 Å². The first-order valence-electron chi connectivity index (χ1n) is 6.38. The van der Waals surface area contributed by atoms with Crippen LogP contribution in [0.15, 0.2) is 41.2 Å². The molecule has 3 aromatic rings. The second-order valence-electron chi connectivity index (χ2n) is 4.41. The zero-order chi connectivity index (χ0) is 13.9. The molecule has 0 fully saturated rings. The van der Waals surface area contributed by atoms with Gasteiger partial charge in [-0.05, 0) is 25.1 Å². The predicted molar refractivity (Wildman–Crippen MR) is 72.3 cm³/mol. The Bertz CT molecular complexity index is 723. The van der Waals surface area contributed by atoms with Gasteiger partial charge in [-0.15, -0.1) is 0 Å². The average molecular weight is 270 g/mol. The molecular formula is C14H14N4O2. The number of hydrogen-bond donors (Lipinski definition) is 0. The van der Waals surface area contributed by atoms with Crippen LogP contribution in [0, 0.1) is 0 Å². The number of aldehydes is 1. The van der Waals surface area contributed by atoms with Gasteiger partial charge < -0.3 is 4.42 Å². The summed E-state index contributed by atoms with van der Waals surface area (Å²) in [6.45, 7) is 3.37. The Kier molecular flexibility index (Phi) is 3.20. The van der Waals surface area contributed by atoms with Crippen molar-refractivity contribution in [2.24, 2.45) is 0 Å². The molecule has 0 aromatic carbocycles. The molecule has 0 aliphatic heterocycles. The third-order valence-electron chi connectivity index (χ3n) is 3.01. The number of nitrogens with zero attached hydrogens (tertiary/aromatic N) is 4. The van der Waals surface area contributed by atoms with Gasteiger partial charge in [0.05, 0.1) is 18.4 Å². The molecule has 6 heteroatoms. The minimum absolute atomic E-state index is 0.330. The summed E-state index contributed by atoms with van der Waals surface area (Å²) < 4.78 is 8.96. The lowest BCUT2D eigenvalue weighted by molar-refractivity contribution is 0.109. The zero-order valence-corrected chi connectivity index (χ0v) is 11.1. The van der Waals surface area contributed by atoms with E-state index in [1.807, 2.05) is 30.1 Å². The van der Waals surface area contributed by atoms with Gasteiger partial charge in [0.15, 0.2) is 12.0 Å². The Hall–Kier alpha value is -2.63. The molecule has 0 aliphatic carbocycles. The number of carbonyl (C=O) groups excluding carboxylic acids is 1. The second kappa shape index (κ2) is 5.16. The van der Waals surface area contributed by atoms with E-state index < -0.39 is 0 Å². The van der Waals surface area contributed by atoms with Gasteiger partial charge in [0, 0.05) is 24.5 Å². The van der Waals surface area contributed by atoms with Crippen molar-refractivity contribution in [2.75, 3.05) is 0 Å². The van der Waals surface area contributed by atoms with E-state index in [-0.39, 0.29) is 0 Å². The molecule has 6 nitrogen and oxygen atoms in total. The van der Waals surface area contributed by atoms with E-state index in [4.69, 9.17) is 4.42 Å². The van der Waals surface area contributed by atoms with Gasteiger partial charge in [-0.25, -0.2) is 0 Å². The molecule has 0 amide bonds. The number of hydrogen-bond acceptors (Lipinski definition) is 4. The van der Waals surface area contributed by atoms with Gasteiger partial charge in [0.2, 0.25) is 0 Å². The van der Waals surface area contributed by atoms with Crippen molar-refractivity contribution in [2.45, 2.75) is 20.0 Å². The highest BCUT2D eigenvalue weighted by atomic mass is 16.3. The molecule has 0 saturated carbocycles. The Balaban J connectivity index is 1.77. The van der Waals surface area contributed by atoms with Crippen LogP contribution in [-0.2, 0) is 13.1 Å². The van der Waals surface area contributed by atoms with Crippen LogP contribution in [-0.4, -0.2) is 25.8 Å². The molecule has 3 heterocycles. The lowest BCUT2D eigenvalue weighted by atomic mass is 10.3. The highest BCUT2D eigenvalue weighted by molar-refractivity contribution is 5.70.